The fourth-order valence-corrected chi connectivity index (χ4v) is 5.18. The molecule has 0 aliphatic carbocycles. The second-order valence-electron chi connectivity index (χ2n) is 7.36. The Morgan fingerprint density at radius 3 is 2.55 bits per heavy atom. The SMILES string of the molecule is C=C(Nc1cc(C)ccn1)S/C(=C\N)Sc1ccnc(C(=O)N2Cc3ccccc3C2)c1F. The number of pyridine rings is 2. The Balaban J connectivity index is 1.44. The number of nitrogens with two attached hydrogens (primary N) is 1. The molecule has 9 heteroatoms. The number of aromatic nitrogens is 2. The molecule has 3 heterocycles. The predicted molar refractivity (Wildman–Crippen MR) is 132 cm³/mol. The van der Waals surface area contributed by atoms with E-state index in [1.54, 1.807) is 11.1 Å². The Morgan fingerprint density at radius 2 is 1.88 bits per heavy atom. The summed E-state index contributed by atoms with van der Waals surface area (Å²) in [6.45, 7) is 6.83. The number of halogens is 1. The van der Waals surface area contributed by atoms with Gasteiger partial charge in [-0.05, 0) is 41.8 Å². The van der Waals surface area contributed by atoms with Gasteiger partial charge >= 0.3 is 0 Å². The van der Waals surface area contributed by atoms with Gasteiger partial charge in [0.05, 0.1) is 14.2 Å². The van der Waals surface area contributed by atoms with Crippen molar-refractivity contribution in [3.8, 4) is 0 Å². The molecule has 0 bridgehead atoms. The molecule has 1 aliphatic rings. The van der Waals surface area contributed by atoms with E-state index in [9.17, 15) is 4.79 Å². The summed E-state index contributed by atoms with van der Waals surface area (Å²) >= 11 is 2.36. The minimum absolute atomic E-state index is 0.199. The molecule has 0 spiro atoms. The zero-order valence-corrected chi connectivity index (χ0v) is 19.5. The van der Waals surface area contributed by atoms with Crippen molar-refractivity contribution in [2.24, 2.45) is 5.73 Å². The molecule has 6 nitrogen and oxygen atoms in total. The Bertz CT molecular complexity index is 1220. The van der Waals surface area contributed by atoms with Crippen LogP contribution < -0.4 is 11.1 Å². The highest BCUT2D eigenvalue weighted by Crippen LogP contribution is 2.39. The maximum Gasteiger partial charge on any atom is 0.276 e. The standard InChI is InChI=1S/C24H22FN5OS2/c1-15-7-9-27-20(11-15)29-16(2)32-21(12-26)33-19-8-10-28-23(22(19)25)24(31)30-13-17-5-3-4-6-18(17)14-30/h3-12H,2,13-14,26H2,1H3,(H,27,29)/b21-12+. The fraction of sp³-hybridized carbons (Fsp3) is 0.125. The molecule has 0 saturated carbocycles. The maximum atomic E-state index is 15.3. The van der Waals surface area contributed by atoms with E-state index in [-0.39, 0.29) is 10.6 Å². The molecule has 0 fully saturated rings. The lowest BCUT2D eigenvalue weighted by Gasteiger charge is -2.16. The fourth-order valence-electron chi connectivity index (χ4n) is 3.37. The first kappa shape index (κ1) is 22.9. The van der Waals surface area contributed by atoms with Crippen molar-refractivity contribution in [2.75, 3.05) is 5.32 Å². The van der Waals surface area contributed by atoms with Gasteiger partial charge in [0.2, 0.25) is 0 Å². The number of amides is 1. The summed E-state index contributed by atoms with van der Waals surface area (Å²) in [6.07, 6.45) is 4.52. The summed E-state index contributed by atoms with van der Waals surface area (Å²) in [5, 5.41) is 3.69. The molecule has 1 amide bonds. The van der Waals surface area contributed by atoms with E-state index in [0.717, 1.165) is 28.5 Å². The van der Waals surface area contributed by atoms with Crippen molar-refractivity contribution < 1.29 is 9.18 Å². The number of rotatable bonds is 7. The van der Waals surface area contributed by atoms with E-state index >= 15 is 4.39 Å². The maximum absolute atomic E-state index is 15.3. The largest absolute Gasteiger partial charge is 0.403 e. The Morgan fingerprint density at radius 1 is 1.18 bits per heavy atom. The number of fused-ring (bicyclic) bond motifs is 1. The van der Waals surface area contributed by atoms with Crippen molar-refractivity contribution in [3.63, 3.8) is 0 Å². The van der Waals surface area contributed by atoms with E-state index in [4.69, 9.17) is 5.73 Å². The number of nitrogens with zero attached hydrogens (tertiary/aromatic N) is 3. The van der Waals surface area contributed by atoms with Crippen molar-refractivity contribution >= 4 is 35.2 Å². The molecule has 168 valence electrons. The van der Waals surface area contributed by atoms with E-state index in [2.05, 4.69) is 21.9 Å². The van der Waals surface area contributed by atoms with Crippen molar-refractivity contribution in [2.45, 2.75) is 24.9 Å². The average Bonchev–Trinajstić information content (AvgIpc) is 3.24. The zero-order chi connectivity index (χ0) is 23.4. The first-order chi connectivity index (χ1) is 15.9. The van der Waals surface area contributed by atoms with Crippen LogP contribution in [0.1, 0.15) is 27.2 Å². The summed E-state index contributed by atoms with van der Waals surface area (Å²) in [5.74, 6) is -0.445. The number of hydrogen-bond acceptors (Lipinski definition) is 7. The van der Waals surface area contributed by atoms with Crippen LogP contribution in [0.5, 0.6) is 0 Å². The van der Waals surface area contributed by atoms with Crippen molar-refractivity contribution in [3.05, 3.63) is 105 Å². The molecule has 33 heavy (non-hydrogen) atoms. The number of thioether (sulfide) groups is 2. The van der Waals surface area contributed by atoms with Gasteiger partial charge in [0.25, 0.3) is 5.91 Å². The summed E-state index contributed by atoms with van der Waals surface area (Å²) in [6, 6.07) is 13.1. The molecule has 0 atom stereocenters. The lowest BCUT2D eigenvalue weighted by Crippen LogP contribution is -2.27. The number of aryl methyl sites for hydroxylation is 1. The molecule has 0 saturated heterocycles. The molecule has 4 rings (SSSR count). The first-order valence-electron chi connectivity index (χ1n) is 10.1. The van der Waals surface area contributed by atoms with Crippen LogP contribution in [-0.4, -0.2) is 20.8 Å². The van der Waals surface area contributed by atoms with Gasteiger partial charge in [-0.1, -0.05) is 54.4 Å². The summed E-state index contributed by atoms with van der Waals surface area (Å²) < 4.78 is 15.9. The van der Waals surface area contributed by atoms with Gasteiger partial charge in [-0.2, -0.15) is 0 Å². The number of nitrogens with one attached hydrogen (secondary N) is 1. The molecule has 3 aromatic rings. The summed E-state index contributed by atoms with van der Waals surface area (Å²) in [5.41, 5.74) is 8.77. The highest BCUT2D eigenvalue weighted by molar-refractivity contribution is 8.24. The van der Waals surface area contributed by atoms with Crippen molar-refractivity contribution in [1.82, 2.24) is 14.9 Å². The molecule has 1 aliphatic heterocycles. The van der Waals surface area contributed by atoms with Crippen LogP contribution in [-0.2, 0) is 13.1 Å². The average molecular weight is 480 g/mol. The molecular weight excluding hydrogens is 457 g/mol. The Hall–Kier alpha value is -3.30. The molecule has 3 N–H and O–H groups in total. The van der Waals surface area contributed by atoms with Gasteiger partial charge in [-0.25, -0.2) is 14.4 Å². The van der Waals surface area contributed by atoms with Crippen LogP contribution in [0.15, 0.2) is 81.8 Å². The highest BCUT2D eigenvalue weighted by atomic mass is 32.2. The van der Waals surface area contributed by atoms with E-state index in [1.807, 2.05) is 43.3 Å². The van der Waals surface area contributed by atoms with Gasteiger partial charge in [0.1, 0.15) is 5.82 Å². The predicted octanol–water partition coefficient (Wildman–Crippen LogP) is 5.25. The smallest absolute Gasteiger partial charge is 0.276 e. The van der Waals surface area contributed by atoms with Gasteiger partial charge in [0, 0.05) is 31.7 Å². The zero-order valence-electron chi connectivity index (χ0n) is 17.9. The van der Waals surface area contributed by atoms with Gasteiger partial charge in [-0.3, -0.25) is 4.79 Å². The monoisotopic (exact) mass is 479 g/mol. The normalized spacial score (nSPS) is 13.0. The molecule has 2 aromatic heterocycles. The van der Waals surface area contributed by atoms with Crippen LogP contribution in [0.3, 0.4) is 0 Å². The third-order valence-corrected chi connectivity index (χ3v) is 7.00. The number of anilines is 1. The topological polar surface area (TPSA) is 84.1 Å². The minimum Gasteiger partial charge on any atom is -0.403 e. The van der Waals surface area contributed by atoms with E-state index < -0.39 is 11.7 Å². The van der Waals surface area contributed by atoms with E-state index in [1.165, 1.54) is 30.2 Å². The highest BCUT2D eigenvalue weighted by Gasteiger charge is 2.28. The van der Waals surface area contributed by atoms with Gasteiger partial charge in [0.15, 0.2) is 11.5 Å². The van der Waals surface area contributed by atoms with Crippen LogP contribution in [0, 0.1) is 12.7 Å². The second kappa shape index (κ2) is 10.1. The quantitative estimate of drug-likeness (QED) is 0.448. The van der Waals surface area contributed by atoms with Gasteiger partial charge < -0.3 is 16.0 Å². The lowest BCUT2D eigenvalue weighted by molar-refractivity contribution is 0.0739. The van der Waals surface area contributed by atoms with Gasteiger partial charge in [-0.15, -0.1) is 0 Å². The Labute approximate surface area is 200 Å². The number of hydrogen-bond donors (Lipinski definition) is 2. The molecule has 0 unspecified atom stereocenters. The molecular formula is C24H22FN5OS2. The van der Waals surface area contributed by atoms with Crippen LogP contribution in [0.25, 0.3) is 0 Å². The van der Waals surface area contributed by atoms with Crippen LogP contribution >= 0.6 is 23.5 Å². The van der Waals surface area contributed by atoms with E-state index in [0.29, 0.717) is 28.2 Å². The number of benzene rings is 1. The lowest BCUT2D eigenvalue weighted by atomic mass is 10.1. The summed E-state index contributed by atoms with van der Waals surface area (Å²) in [7, 11) is 0. The third kappa shape index (κ3) is 5.37. The third-order valence-electron chi connectivity index (χ3n) is 4.94. The Kier molecular flexibility index (Phi) is 7.00. The molecule has 1 aromatic carbocycles. The summed E-state index contributed by atoms with van der Waals surface area (Å²) in [4.78, 5) is 23.1. The second-order valence-corrected chi connectivity index (χ2v) is 9.84. The van der Waals surface area contributed by atoms with Crippen molar-refractivity contribution in [1.29, 1.82) is 0 Å². The number of carbonyl (C=O) groups is 1. The molecule has 0 radical (unpaired) electrons. The van der Waals surface area contributed by atoms with Crippen LogP contribution in [0.4, 0.5) is 10.2 Å². The number of carbonyl (C=O) groups excluding carboxylic acids is 1. The minimum atomic E-state index is -0.665. The first-order valence-corrected chi connectivity index (χ1v) is 11.7. The van der Waals surface area contributed by atoms with Crippen LogP contribution in [0.2, 0.25) is 0 Å².